The fourth-order valence-corrected chi connectivity index (χ4v) is 8.41. The van der Waals surface area contributed by atoms with Crippen LogP contribution in [0, 0.1) is 0 Å². The highest BCUT2D eigenvalue weighted by molar-refractivity contribution is 5.86. The summed E-state index contributed by atoms with van der Waals surface area (Å²) >= 11 is 0. The smallest absolute Gasteiger partial charge is 0.408 e. The highest BCUT2D eigenvalue weighted by Gasteiger charge is 2.51. The molecule has 4 heterocycles. The monoisotopic (exact) mass is 734 g/mol. The van der Waals surface area contributed by atoms with Gasteiger partial charge < -0.3 is 39.4 Å². The summed E-state index contributed by atoms with van der Waals surface area (Å²) in [4.78, 5) is 60.9. The summed E-state index contributed by atoms with van der Waals surface area (Å²) in [7, 11) is 0. The minimum atomic E-state index is -0.590. The second-order valence-electron chi connectivity index (χ2n) is 15.7. The van der Waals surface area contributed by atoms with Gasteiger partial charge >= 0.3 is 30.1 Å². The molecule has 2 saturated carbocycles. The number of aliphatic hydroxyl groups excluding tert-OH is 1. The number of carbonyl (C=O) groups is 5. The van der Waals surface area contributed by atoms with E-state index in [4.69, 9.17) is 28.8 Å². The van der Waals surface area contributed by atoms with Crippen molar-refractivity contribution in [3.63, 3.8) is 0 Å². The summed E-state index contributed by atoms with van der Waals surface area (Å²) in [6, 6.07) is 0. The molecule has 6 fully saturated rings. The van der Waals surface area contributed by atoms with Crippen molar-refractivity contribution in [3.05, 3.63) is 12.2 Å². The zero-order valence-electron chi connectivity index (χ0n) is 31.3. The second kappa shape index (κ2) is 19.6. The number of ether oxygens (including phenoxy) is 5. The average molecular weight is 735 g/mol. The Morgan fingerprint density at radius 2 is 1.08 bits per heavy atom. The number of unbranched alkanes of at least 4 members (excludes halogenated alkanes) is 6. The van der Waals surface area contributed by atoms with Crippen molar-refractivity contribution in [1.82, 2.24) is 10.6 Å². The molecule has 52 heavy (non-hydrogen) atoms. The number of alkyl carbamates (subject to hydrolysis) is 2. The van der Waals surface area contributed by atoms with Crippen LogP contribution in [-0.2, 0) is 38.1 Å². The molecule has 2 aliphatic carbocycles. The largest absolute Gasteiger partial charge is 0.466 e. The topological polar surface area (TPSA) is 176 Å². The van der Waals surface area contributed by atoms with Gasteiger partial charge in [0.25, 0.3) is 0 Å². The molecule has 4 aliphatic heterocycles. The summed E-state index contributed by atoms with van der Waals surface area (Å²) in [5.41, 5.74) is -1.17. The first-order chi connectivity index (χ1) is 24.9. The van der Waals surface area contributed by atoms with Crippen molar-refractivity contribution in [1.29, 1.82) is 0 Å². The van der Waals surface area contributed by atoms with E-state index in [1.54, 1.807) is 6.92 Å². The summed E-state index contributed by atoms with van der Waals surface area (Å²) < 4.78 is 27.3. The molecule has 13 nitrogen and oxygen atoms in total. The minimum absolute atomic E-state index is 0.0224. The lowest BCUT2D eigenvalue weighted by Crippen LogP contribution is -2.48. The normalized spacial score (nSPS) is 27.7. The number of esters is 3. The van der Waals surface area contributed by atoms with Crippen LogP contribution in [0.3, 0.4) is 0 Å². The van der Waals surface area contributed by atoms with Gasteiger partial charge in [-0.25, -0.2) is 14.4 Å². The maximum Gasteiger partial charge on any atom is 0.408 e. The minimum Gasteiger partial charge on any atom is -0.466 e. The van der Waals surface area contributed by atoms with Gasteiger partial charge in [-0.2, -0.15) is 0 Å². The maximum atomic E-state index is 12.9. The number of hydrogen-bond acceptors (Lipinski definition) is 11. The van der Waals surface area contributed by atoms with Crippen LogP contribution >= 0.6 is 0 Å². The number of carbonyl (C=O) groups excluding carboxylic acids is 5. The summed E-state index contributed by atoms with van der Waals surface area (Å²) in [6.07, 6.45) is 17.3. The molecule has 0 unspecified atom stereocenters. The average Bonchev–Trinajstić information content (AvgIpc) is 3.48. The van der Waals surface area contributed by atoms with Gasteiger partial charge in [0, 0.05) is 35.9 Å². The Balaban J connectivity index is 1.07. The predicted octanol–water partition coefficient (Wildman–Crippen LogP) is 6.62. The van der Waals surface area contributed by atoms with Crippen molar-refractivity contribution < 1.29 is 52.8 Å². The molecule has 0 aromatic heterocycles. The number of fused-ring (bicyclic) bond motifs is 8. The first-order valence-corrected chi connectivity index (χ1v) is 19.7. The first-order valence-electron chi connectivity index (χ1n) is 19.7. The first kappa shape index (κ1) is 41.4. The zero-order valence-corrected chi connectivity index (χ0v) is 31.3. The van der Waals surface area contributed by atoms with Gasteiger partial charge in [0.1, 0.15) is 17.8 Å². The molecule has 0 aromatic rings. The van der Waals surface area contributed by atoms with E-state index < -0.39 is 17.2 Å². The molecule has 6 rings (SSSR count). The van der Waals surface area contributed by atoms with Crippen LogP contribution in [0.1, 0.15) is 155 Å². The zero-order chi connectivity index (χ0) is 37.5. The third-order valence-corrected chi connectivity index (χ3v) is 11.7. The number of nitrogens with one attached hydrogen (secondary N) is 2. The summed E-state index contributed by atoms with van der Waals surface area (Å²) in [5, 5.41) is 15.1. The third-order valence-electron chi connectivity index (χ3n) is 11.7. The highest BCUT2D eigenvalue weighted by Crippen LogP contribution is 2.47. The van der Waals surface area contributed by atoms with Crippen molar-refractivity contribution in [3.8, 4) is 0 Å². The van der Waals surface area contributed by atoms with Gasteiger partial charge in [0.2, 0.25) is 0 Å². The lowest BCUT2D eigenvalue weighted by molar-refractivity contribution is -0.145. The van der Waals surface area contributed by atoms with Crippen molar-refractivity contribution in [2.45, 2.75) is 177 Å². The Bertz CT molecular complexity index is 1230. The Hall–Kier alpha value is -3.35. The molecule has 2 amide bonds. The molecule has 0 atom stereocenters. The van der Waals surface area contributed by atoms with Gasteiger partial charge in [-0.05, 0) is 110 Å². The van der Waals surface area contributed by atoms with E-state index in [1.165, 1.54) is 0 Å². The Kier molecular flexibility index (Phi) is 15.6. The summed E-state index contributed by atoms with van der Waals surface area (Å²) in [6.45, 7) is 5.61. The Labute approximate surface area is 308 Å². The second-order valence-corrected chi connectivity index (χ2v) is 15.7. The van der Waals surface area contributed by atoms with Crippen LogP contribution in [0.5, 0.6) is 0 Å². The van der Waals surface area contributed by atoms with Crippen molar-refractivity contribution >= 4 is 30.1 Å². The van der Waals surface area contributed by atoms with E-state index in [0.29, 0.717) is 44.3 Å². The third kappa shape index (κ3) is 12.7. The molecular weight excluding hydrogens is 672 g/mol. The molecule has 0 radical (unpaired) electrons. The molecule has 4 saturated heterocycles. The van der Waals surface area contributed by atoms with Gasteiger partial charge in [0.05, 0.1) is 19.8 Å². The molecule has 294 valence electrons. The lowest BCUT2D eigenvalue weighted by atomic mass is 9.70. The maximum absolute atomic E-state index is 12.9. The molecule has 13 heteroatoms. The standard InChI is InChI=1S/C39H62N2O11/c1-30(2)33(45)50-28-25-39-23-19-37(20-24-39,41-35(47)52-39)15-9-5-8-14-36-17-21-38(22-18-36,51-34(46)40-36)16-10-3-6-12-31(43)48-27-11-4-7-13-32(44)49-29-26-42/h42H,1,3-29H2,2H3,(H,40,46)(H,41,47). The number of amides is 2. The fraction of sp³-hybridized carbons (Fsp3) is 0.821. The molecule has 4 bridgehead atoms. The van der Waals surface area contributed by atoms with Crippen LogP contribution < -0.4 is 10.6 Å². The molecule has 3 N–H and O–H groups in total. The van der Waals surface area contributed by atoms with Gasteiger partial charge in [-0.15, -0.1) is 0 Å². The Morgan fingerprint density at radius 1 is 0.615 bits per heavy atom. The van der Waals surface area contributed by atoms with E-state index in [0.717, 1.165) is 116 Å². The molecular formula is C39H62N2O11. The van der Waals surface area contributed by atoms with Crippen LogP contribution in [0.2, 0.25) is 0 Å². The summed E-state index contributed by atoms with van der Waals surface area (Å²) in [5.74, 6) is -0.958. The van der Waals surface area contributed by atoms with Gasteiger partial charge in [-0.3, -0.25) is 9.59 Å². The number of hydrogen-bond donors (Lipinski definition) is 3. The number of rotatable bonds is 24. The van der Waals surface area contributed by atoms with E-state index in [-0.39, 0.29) is 55.0 Å². The van der Waals surface area contributed by atoms with E-state index >= 15 is 0 Å². The van der Waals surface area contributed by atoms with Crippen LogP contribution in [0.25, 0.3) is 0 Å². The van der Waals surface area contributed by atoms with Crippen molar-refractivity contribution in [2.24, 2.45) is 0 Å². The van der Waals surface area contributed by atoms with Gasteiger partial charge in [0.15, 0.2) is 0 Å². The molecule has 0 aromatic carbocycles. The quantitative estimate of drug-likeness (QED) is 0.0421. The fourth-order valence-electron chi connectivity index (χ4n) is 8.41. The van der Waals surface area contributed by atoms with Crippen LogP contribution in [0.4, 0.5) is 9.59 Å². The van der Waals surface area contributed by atoms with Crippen LogP contribution in [-0.4, -0.2) is 83.9 Å². The van der Waals surface area contributed by atoms with Gasteiger partial charge in [-0.1, -0.05) is 32.3 Å². The van der Waals surface area contributed by atoms with E-state index in [2.05, 4.69) is 17.2 Å². The lowest BCUT2D eigenvalue weighted by Gasteiger charge is -2.41. The SMILES string of the molecule is C=C(C)C(=O)OCCC12CCC(CCCCCC34CCC(CCCCCC(=O)OCCCCCC(=O)OCCO)(CC3)OC(=O)N4)(CC1)NC(=O)O2. The molecule has 6 aliphatic rings. The van der Waals surface area contributed by atoms with Crippen LogP contribution in [0.15, 0.2) is 12.2 Å². The highest BCUT2D eigenvalue weighted by atomic mass is 16.6. The van der Waals surface area contributed by atoms with Crippen molar-refractivity contribution in [2.75, 3.05) is 26.4 Å². The molecule has 0 spiro atoms. The number of aliphatic hydroxyl groups is 1. The van der Waals surface area contributed by atoms with E-state index in [1.807, 2.05) is 0 Å². The Morgan fingerprint density at radius 3 is 1.60 bits per heavy atom. The predicted molar refractivity (Wildman–Crippen MR) is 191 cm³/mol. The van der Waals surface area contributed by atoms with E-state index in [9.17, 15) is 24.0 Å².